The van der Waals surface area contributed by atoms with E-state index in [4.69, 9.17) is 0 Å². The molecule has 0 amide bonds. The number of para-hydroxylation sites is 1. The molecule has 0 aromatic heterocycles. The normalized spacial score (nSPS) is 13.6. The van der Waals surface area contributed by atoms with Gasteiger partial charge in [-0.15, -0.1) is 5.10 Å². The summed E-state index contributed by atoms with van der Waals surface area (Å²) >= 11 is 1.34. The monoisotopic (exact) mass is 333 g/mol. The summed E-state index contributed by atoms with van der Waals surface area (Å²) in [6.07, 6.45) is 2.69. The fourth-order valence-corrected chi connectivity index (χ4v) is 2.01. The zero-order valence-corrected chi connectivity index (χ0v) is 14.0. The number of carbonyl (C=O) groups is 1. The Morgan fingerprint density at radius 3 is 2.57 bits per heavy atom. The lowest BCUT2D eigenvalue weighted by molar-refractivity contribution is -0.113. The van der Waals surface area contributed by atoms with Gasteiger partial charge in [-0.05, 0) is 31.7 Å². The van der Waals surface area contributed by atoms with Crippen LogP contribution in [0, 0.1) is 0 Å². The van der Waals surface area contributed by atoms with Gasteiger partial charge in [0.25, 0.3) is 0 Å². The molecule has 23 heavy (non-hydrogen) atoms. The van der Waals surface area contributed by atoms with Crippen LogP contribution >= 0.6 is 11.8 Å². The number of aromatic hydroxyl groups is 1. The maximum absolute atomic E-state index is 11.4. The van der Waals surface area contributed by atoms with Gasteiger partial charge in [0.1, 0.15) is 11.5 Å². The van der Waals surface area contributed by atoms with Crippen LogP contribution in [0.25, 0.3) is 0 Å². The SMILES string of the molecule is CCSC(=N\N=C\c1ccccc1O)/N=C/C(C(C)=O)=C(/C)O. The van der Waals surface area contributed by atoms with Gasteiger partial charge in [0.2, 0.25) is 5.17 Å². The van der Waals surface area contributed by atoms with Gasteiger partial charge in [-0.1, -0.05) is 30.8 Å². The number of aliphatic hydroxyl groups is 1. The van der Waals surface area contributed by atoms with E-state index in [0.29, 0.717) is 10.7 Å². The minimum absolute atomic E-state index is 0.0974. The van der Waals surface area contributed by atoms with Crippen LogP contribution in [0.2, 0.25) is 0 Å². The van der Waals surface area contributed by atoms with E-state index in [2.05, 4.69) is 15.2 Å². The van der Waals surface area contributed by atoms with E-state index in [9.17, 15) is 15.0 Å². The molecule has 0 saturated heterocycles. The molecule has 0 heterocycles. The fourth-order valence-electron chi connectivity index (χ4n) is 1.52. The second kappa shape index (κ2) is 9.58. The summed E-state index contributed by atoms with van der Waals surface area (Å²) in [7, 11) is 0. The van der Waals surface area contributed by atoms with Crippen molar-refractivity contribution in [3.05, 3.63) is 41.2 Å². The first-order valence-electron chi connectivity index (χ1n) is 6.92. The Bertz CT molecular complexity index is 675. The molecule has 1 aromatic rings. The molecule has 0 atom stereocenters. The summed E-state index contributed by atoms with van der Waals surface area (Å²) in [5.41, 5.74) is 0.663. The number of carbonyl (C=O) groups excluding carboxylic acids is 1. The Balaban J connectivity index is 2.96. The summed E-state index contributed by atoms with van der Waals surface area (Å²) in [6.45, 7) is 4.70. The van der Waals surface area contributed by atoms with Crippen LogP contribution in [0.15, 0.2) is 50.8 Å². The predicted octanol–water partition coefficient (Wildman–Crippen LogP) is 3.33. The molecule has 0 spiro atoms. The number of phenolic OH excluding ortho intramolecular Hbond substituents is 1. The lowest BCUT2D eigenvalue weighted by Gasteiger charge is -1.99. The number of thioether (sulfide) groups is 1. The summed E-state index contributed by atoms with van der Waals surface area (Å²) in [4.78, 5) is 15.5. The molecule has 0 aliphatic carbocycles. The first-order valence-corrected chi connectivity index (χ1v) is 7.91. The number of rotatable bonds is 5. The molecule has 0 fully saturated rings. The average molecular weight is 333 g/mol. The Labute approximate surface area is 139 Å². The number of benzene rings is 1. The zero-order chi connectivity index (χ0) is 17.2. The highest BCUT2D eigenvalue weighted by Crippen LogP contribution is 2.13. The molecule has 0 unspecified atom stereocenters. The van der Waals surface area contributed by atoms with Crippen molar-refractivity contribution in [2.24, 2.45) is 15.2 Å². The van der Waals surface area contributed by atoms with Crippen molar-refractivity contribution in [3.63, 3.8) is 0 Å². The molecule has 122 valence electrons. The summed E-state index contributed by atoms with van der Waals surface area (Å²) in [6, 6.07) is 6.75. The Kier molecular flexibility index (Phi) is 7.76. The summed E-state index contributed by atoms with van der Waals surface area (Å²) in [5.74, 6) is 0.448. The number of ketones is 1. The third-order valence-electron chi connectivity index (χ3n) is 2.62. The third-order valence-corrected chi connectivity index (χ3v) is 3.36. The molecular formula is C16H19N3O3S. The number of hydrogen-bond acceptors (Lipinski definition) is 6. The van der Waals surface area contributed by atoms with Gasteiger partial charge in [-0.3, -0.25) is 4.79 Å². The molecule has 1 aromatic carbocycles. The number of allylic oxidation sites excluding steroid dienone is 2. The lowest BCUT2D eigenvalue weighted by Crippen LogP contribution is -2.03. The van der Waals surface area contributed by atoms with Crippen LogP contribution in [0.1, 0.15) is 26.3 Å². The first kappa shape index (κ1) is 18.6. The van der Waals surface area contributed by atoms with Crippen molar-refractivity contribution >= 4 is 35.1 Å². The highest BCUT2D eigenvalue weighted by molar-refractivity contribution is 8.13. The summed E-state index contributed by atoms with van der Waals surface area (Å²) < 4.78 is 0. The Hall–Kier alpha value is -2.41. The molecule has 0 saturated carbocycles. The molecule has 6 nitrogen and oxygen atoms in total. The lowest BCUT2D eigenvalue weighted by atomic mass is 10.2. The molecule has 7 heteroatoms. The standard InChI is InChI=1S/C16H19N3O3S/c1-4-23-16(17-10-14(11(2)20)12(3)21)19-18-9-13-7-5-6-8-15(13)22/h5-10,20,22H,4H2,1-3H3/b14-11+,17-10+,18-9+,19-16-. The van der Waals surface area contributed by atoms with Crippen LogP contribution in [0.5, 0.6) is 5.75 Å². The van der Waals surface area contributed by atoms with Crippen molar-refractivity contribution in [2.45, 2.75) is 20.8 Å². The number of hydrogen-bond donors (Lipinski definition) is 2. The highest BCUT2D eigenvalue weighted by atomic mass is 32.2. The second-order valence-corrected chi connectivity index (χ2v) is 5.66. The van der Waals surface area contributed by atoms with Crippen LogP contribution in [0.3, 0.4) is 0 Å². The molecule has 0 aliphatic rings. The van der Waals surface area contributed by atoms with Crippen LogP contribution in [-0.4, -0.2) is 39.3 Å². The van der Waals surface area contributed by atoms with Crippen LogP contribution in [0.4, 0.5) is 0 Å². The van der Waals surface area contributed by atoms with Gasteiger partial charge < -0.3 is 10.2 Å². The smallest absolute Gasteiger partial charge is 0.208 e. The van der Waals surface area contributed by atoms with Crippen molar-refractivity contribution in [2.75, 3.05) is 5.75 Å². The first-order chi connectivity index (χ1) is 11.0. The van der Waals surface area contributed by atoms with E-state index in [0.717, 1.165) is 5.75 Å². The highest BCUT2D eigenvalue weighted by Gasteiger charge is 2.05. The van der Waals surface area contributed by atoms with E-state index in [-0.39, 0.29) is 22.9 Å². The number of aliphatic hydroxyl groups excluding tert-OH is 1. The minimum atomic E-state index is -0.285. The molecule has 2 N–H and O–H groups in total. The topological polar surface area (TPSA) is 94.6 Å². The number of amidine groups is 1. The van der Waals surface area contributed by atoms with Gasteiger partial charge in [-0.2, -0.15) is 5.10 Å². The van der Waals surface area contributed by atoms with E-state index < -0.39 is 0 Å². The molecule has 0 radical (unpaired) electrons. The minimum Gasteiger partial charge on any atom is -0.512 e. The molecular weight excluding hydrogens is 314 g/mol. The predicted molar refractivity (Wildman–Crippen MR) is 95.8 cm³/mol. The Morgan fingerprint density at radius 1 is 1.30 bits per heavy atom. The van der Waals surface area contributed by atoms with Gasteiger partial charge in [-0.25, -0.2) is 4.99 Å². The quantitative estimate of drug-likeness (QED) is 0.284. The van der Waals surface area contributed by atoms with E-state index >= 15 is 0 Å². The zero-order valence-electron chi connectivity index (χ0n) is 13.2. The van der Waals surface area contributed by atoms with Crippen LogP contribution in [-0.2, 0) is 4.79 Å². The van der Waals surface area contributed by atoms with Gasteiger partial charge in [0, 0.05) is 11.8 Å². The van der Waals surface area contributed by atoms with Gasteiger partial charge >= 0.3 is 0 Å². The fraction of sp³-hybridized carbons (Fsp3) is 0.250. The number of Topliss-reactive ketones (excluding diaryl/α,β-unsaturated/α-hetero) is 1. The average Bonchev–Trinajstić information content (AvgIpc) is 2.48. The van der Waals surface area contributed by atoms with Crippen molar-refractivity contribution < 1.29 is 15.0 Å². The maximum atomic E-state index is 11.4. The second-order valence-electron chi connectivity index (χ2n) is 4.43. The Morgan fingerprint density at radius 2 is 2.00 bits per heavy atom. The van der Waals surface area contributed by atoms with E-state index in [1.54, 1.807) is 24.3 Å². The number of aliphatic imine (C=N–C) groups is 1. The molecule has 1 rings (SSSR count). The maximum Gasteiger partial charge on any atom is 0.208 e. The molecule has 0 bridgehead atoms. The number of phenols is 1. The van der Waals surface area contributed by atoms with Gasteiger partial charge in [0.05, 0.1) is 11.8 Å². The van der Waals surface area contributed by atoms with Crippen LogP contribution < -0.4 is 0 Å². The largest absolute Gasteiger partial charge is 0.512 e. The summed E-state index contributed by atoms with van der Waals surface area (Å²) in [5, 5.41) is 27.3. The van der Waals surface area contributed by atoms with E-state index in [1.165, 1.54) is 38.0 Å². The number of nitrogens with zero attached hydrogens (tertiary/aromatic N) is 3. The molecule has 0 aliphatic heterocycles. The van der Waals surface area contributed by atoms with Crippen molar-refractivity contribution in [1.29, 1.82) is 0 Å². The van der Waals surface area contributed by atoms with Crippen molar-refractivity contribution in [1.82, 2.24) is 0 Å². The van der Waals surface area contributed by atoms with Crippen molar-refractivity contribution in [3.8, 4) is 5.75 Å². The van der Waals surface area contributed by atoms with E-state index in [1.807, 2.05) is 6.92 Å². The van der Waals surface area contributed by atoms with Gasteiger partial charge in [0.15, 0.2) is 5.78 Å². The third kappa shape index (κ3) is 6.48.